The fraction of sp³-hybridized carbons (Fsp3) is 0.357. The van der Waals surface area contributed by atoms with Gasteiger partial charge in [0, 0.05) is 24.2 Å². The quantitative estimate of drug-likeness (QED) is 0.319. The molecule has 1 aromatic carbocycles. The van der Waals surface area contributed by atoms with Crippen molar-refractivity contribution in [3.63, 3.8) is 0 Å². The molecule has 7 heteroatoms. The Balaban J connectivity index is 1.54. The van der Waals surface area contributed by atoms with E-state index in [0.717, 1.165) is 46.6 Å². The van der Waals surface area contributed by atoms with E-state index < -0.39 is 0 Å². The Morgan fingerprint density at radius 2 is 2.06 bits per heavy atom. The number of ether oxygens (including phenoxy) is 2. The van der Waals surface area contributed by atoms with E-state index in [-0.39, 0.29) is 5.91 Å². The zero-order chi connectivity index (χ0) is 24.6. The third-order valence-electron chi connectivity index (χ3n) is 6.30. The summed E-state index contributed by atoms with van der Waals surface area (Å²) >= 11 is 1.56. The lowest BCUT2D eigenvalue weighted by Gasteiger charge is -2.15. The van der Waals surface area contributed by atoms with Crippen LogP contribution in [0.5, 0.6) is 11.5 Å². The van der Waals surface area contributed by atoms with Crippen molar-refractivity contribution in [2.75, 3.05) is 13.7 Å². The van der Waals surface area contributed by atoms with Gasteiger partial charge in [0.1, 0.15) is 23.1 Å². The number of nitrogens with one attached hydrogen (secondary N) is 1. The summed E-state index contributed by atoms with van der Waals surface area (Å²) < 4.78 is 13.4. The molecule has 1 amide bonds. The number of amides is 1. The molecule has 0 aliphatic heterocycles. The van der Waals surface area contributed by atoms with E-state index in [1.54, 1.807) is 24.5 Å². The third kappa shape index (κ3) is 6.22. The highest BCUT2D eigenvalue weighted by atomic mass is 32.1. The van der Waals surface area contributed by atoms with Gasteiger partial charge in [0.2, 0.25) is 0 Å². The molecule has 0 radical (unpaired) electrons. The van der Waals surface area contributed by atoms with E-state index in [1.165, 1.54) is 31.3 Å². The molecule has 4 rings (SSSR count). The van der Waals surface area contributed by atoms with Crippen molar-refractivity contribution in [2.45, 2.75) is 52.2 Å². The van der Waals surface area contributed by atoms with Crippen LogP contribution < -0.4 is 14.8 Å². The van der Waals surface area contributed by atoms with E-state index in [1.807, 2.05) is 42.6 Å². The van der Waals surface area contributed by atoms with Crippen molar-refractivity contribution >= 4 is 17.2 Å². The van der Waals surface area contributed by atoms with E-state index in [9.17, 15) is 4.79 Å². The second-order valence-electron chi connectivity index (χ2n) is 8.63. The maximum atomic E-state index is 12.8. The van der Waals surface area contributed by atoms with Crippen molar-refractivity contribution in [2.24, 2.45) is 0 Å². The van der Waals surface area contributed by atoms with Crippen molar-refractivity contribution < 1.29 is 14.3 Å². The van der Waals surface area contributed by atoms with Gasteiger partial charge < -0.3 is 19.4 Å². The van der Waals surface area contributed by atoms with Crippen LogP contribution in [0, 0.1) is 6.92 Å². The van der Waals surface area contributed by atoms with Gasteiger partial charge in [-0.2, -0.15) is 0 Å². The van der Waals surface area contributed by atoms with Crippen LogP contribution in [0.25, 0.3) is 11.4 Å². The van der Waals surface area contributed by atoms with Gasteiger partial charge in [0.15, 0.2) is 0 Å². The number of hydrogen-bond acceptors (Lipinski definition) is 5. The van der Waals surface area contributed by atoms with Gasteiger partial charge >= 0.3 is 0 Å². The third-order valence-corrected chi connectivity index (χ3v) is 7.12. The zero-order valence-electron chi connectivity index (χ0n) is 20.5. The number of allylic oxidation sites excluding steroid dienone is 2. The summed E-state index contributed by atoms with van der Waals surface area (Å²) in [6.07, 6.45) is 9.96. The SMILES string of the molecule is C=CCNC(=O)c1cc(-c2csc(COc3ccc(OC)cc3)n2)n(CCC2=CCCCC2)c1C. The van der Waals surface area contributed by atoms with Gasteiger partial charge in [-0.25, -0.2) is 4.98 Å². The summed E-state index contributed by atoms with van der Waals surface area (Å²) in [5.41, 5.74) is 4.99. The lowest BCUT2D eigenvalue weighted by molar-refractivity contribution is 0.0957. The number of methoxy groups -OCH3 is 1. The van der Waals surface area contributed by atoms with Gasteiger partial charge in [0.05, 0.1) is 24.1 Å². The first-order chi connectivity index (χ1) is 17.1. The van der Waals surface area contributed by atoms with Crippen molar-refractivity contribution in [1.29, 1.82) is 0 Å². The topological polar surface area (TPSA) is 65.4 Å². The fourth-order valence-corrected chi connectivity index (χ4v) is 5.03. The van der Waals surface area contributed by atoms with Crippen LogP contribution in [0.3, 0.4) is 0 Å². The van der Waals surface area contributed by atoms with Gasteiger partial charge in [-0.05, 0) is 69.4 Å². The first kappa shape index (κ1) is 24.8. The van der Waals surface area contributed by atoms with Crippen LogP contribution >= 0.6 is 11.3 Å². The average molecular weight is 492 g/mol. The second kappa shape index (κ2) is 11.9. The molecule has 1 aliphatic carbocycles. The van der Waals surface area contributed by atoms with E-state index in [0.29, 0.717) is 18.7 Å². The molecule has 0 saturated heterocycles. The van der Waals surface area contributed by atoms with Crippen molar-refractivity contribution in [1.82, 2.24) is 14.9 Å². The highest BCUT2D eigenvalue weighted by Crippen LogP contribution is 2.30. The van der Waals surface area contributed by atoms with E-state index in [2.05, 4.69) is 22.5 Å². The van der Waals surface area contributed by atoms with Gasteiger partial charge in [0.25, 0.3) is 5.91 Å². The number of hydrogen-bond donors (Lipinski definition) is 1. The predicted octanol–water partition coefficient (Wildman–Crippen LogP) is 6.31. The average Bonchev–Trinajstić information content (AvgIpc) is 3.50. The lowest BCUT2D eigenvalue weighted by atomic mass is 9.97. The molecule has 2 heterocycles. The predicted molar refractivity (Wildman–Crippen MR) is 141 cm³/mol. The first-order valence-corrected chi connectivity index (χ1v) is 13.0. The summed E-state index contributed by atoms with van der Waals surface area (Å²) in [6.45, 7) is 7.37. The standard InChI is InChI=1S/C28H33N3O3S/c1-4-15-29-28(32)24-17-26(31(20(24)2)16-14-21-8-6-5-7-9-21)25-19-35-27(30-25)18-34-23-12-10-22(33-3)11-13-23/h4,8,10-13,17,19H,1,5-7,9,14-16,18H2,2-3H3,(H,29,32). The molecule has 0 saturated carbocycles. The number of rotatable bonds is 11. The summed E-state index contributed by atoms with van der Waals surface area (Å²) in [6, 6.07) is 9.48. The minimum Gasteiger partial charge on any atom is -0.497 e. The highest BCUT2D eigenvalue weighted by molar-refractivity contribution is 7.09. The number of carbonyl (C=O) groups excluding carboxylic acids is 1. The molecular weight excluding hydrogens is 458 g/mol. The Kier molecular flexibility index (Phi) is 8.42. The van der Waals surface area contributed by atoms with Crippen molar-refractivity contribution in [3.05, 3.63) is 76.3 Å². The smallest absolute Gasteiger partial charge is 0.253 e. The minimum atomic E-state index is -0.0856. The highest BCUT2D eigenvalue weighted by Gasteiger charge is 2.20. The maximum Gasteiger partial charge on any atom is 0.253 e. The van der Waals surface area contributed by atoms with Crippen molar-refractivity contribution in [3.8, 4) is 22.9 Å². The van der Waals surface area contributed by atoms with Crippen LogP contribution in [0.15, 0.2) is 60.0 Å². The zero-order valence-corrected chi connectivity index (χ0v) is 21.3. The minimum absolute atomic E-state index is 0.0856. The number of thiazole rings is 1. The lowest BCUT2D eigenvalue weighted by Crippen LogP contribution is -2.23. The summed E-state index contributed by atoms with van der Waals surface area (Å²) in [5, 5.41) is 5.84. The van der Waals surface area contributed by atoms with E-state index in [4.69, 9.17) is 14.5 Å². The summed E-state index contributed by atoms with van der Waals surface area (Å²) in [4.78, 5) is 17.7. The molecule has 1 N–H and O–H groups in total. The van der Waals surface area contributed by atoms with Crippen LogP contribution in [-0.2, 0) is 13.2 Å². The number of benzene rings is 1. The molecule has 184 valence electrons. The Morgan fingerprint density at radius 3 is 2.77 bits per heavy atom. The Bertz CT molecular complexity index is 1190. The Hall–Kier alpha value is -3.32. The molecule has 1 aliphatic rings. The Morgan fingerprint density at radius 1 is 1.26 bits per heavy atom. The largest absolute Gasteiger partial charge is 0.497 e. The fourth-order valence-electron chi connectivity index (χ4n) is 4.33. The number of aromatic nitrogens is 2. The molecule has 35 heavy (non-hydrogen) atoms. The van der Waals surface area contributed by atoms with Gasteiger partial charge in [-0.15, -0.1) is 17.9 Å². The van der Waals surface area contributed by atoms with Gasteiger partial charge in [-0.3, -0.25) is 4.79 Å². The normalized spacial score (nSPS) is 13.3. The molecule has 0 spiro atoms. The summed E-state index contributed by atoms with van der Waals surface area (Å²) in [5.74, 6) is 1.48. The molecule has 0 bridgehead atoms. The van der Waals surface area contributed by atoms with Crippen LogP contribution in [0.1, 0.15) is 53.2 Å². The van der Waals surface area contributed by atoms with Gasteiger partial charge in [-0.1, -0.05) is 17.7 Å². The number of nitrogens with zero attached hydrogens (tertiary/aromatic N) is 2. The number of carbonyl (C=O) groups is 1. The van der Waals surface area contributed by atoms with Crippen LogP contribution in [0.4, 0.5) is 0 Å². The van der Waals surface area contributed by atoms with Crippen LogP contribution in [-0.4, -0.2) is 29.1 Å². The molecule has 6 nitrogen and oxygen atoms in total. The first-order valence-electron chi connectivity index (χ1n) is 12.1. The second-order valence-corrected chi connectivity index (χ2v) is 9.57. The molecule has 3 aromatic rings. The molecule has 0 atom stereocenters. The summed E-state index contributed by atoms with van der Waals surface area (Å²) in [7, 11) is 1.64. The Labute approximate surface area is 211 Å². The molecular formula is C28H33N3O3S. The van der Waals surface area contributed by atoms with Crippen LogP contribution in [0.2, 0.25) is 0 Å². The molecule has 0 fully saturated rings. The maximum absolute atomic E-state index is 12.8. The van der Waals surface area contributed by atoms with E-state index >= 15 is 0 Å². The molecule has 0 unspecified atom stereocenters. The molecule has 2 aromatic heterocycles. The monoisotopic (exact) mass is 491 g/mol.